The number of nitrogens with one attached hydrogen (secondary N) is 1. The molecule has 0 saturated heterocycles. The van der Waals surface area contributed by atoms with Gasteiger partial charge in [0.15, 0.2) is 0 Å². The summed E-state index contributed by atoms with van der Waals surface area (Å²) in [6.45, 7) is 0.793. The van der Waals surface area contributed by atoms with E-state index in [1.165, 1.54) is 0 Å². The van der Waals surface area contributed by atoms with E-state index in [4.69, 9.17) is 4.74 Å². The van der Waals surface area contributed by atoms with E-state index in [1.807, 2.05) is 54.6 Å². The van der Waals surface area contributed by atoms with Gasteiger partial charge < -0.3 is 10.1 Å². The van der Waals surface area contributed by atoms with Gasteiger partial charge in [0.05, 0.1) is 5.52 Å². The van der Waals surface area contributed by atoms with Gasteiger partial charge in [-0.15, -0.1) is 0 Å². The highest BCUT2D eigenvalue weighted by atomic mass is 79.9. The van der Waals surface area contributed by atoms with Gasteiger partial charge in [0.1, 0.15) is 6.61 Å². The number of halogens is 1. The van der Waals surface area contributed by atoms with Gasteiger partial charge >= 0.3 is 6.09 Å². The van der Waals surface area contributed by atoms with Crippen LogP contribution in [0.4, 0.5) is 4.79 Å². The van der Waals surface area contributed by atoms with Crippen LogP contribution in [-0.2, 0) is 17.8 Å². The molecule has 0 atom stereocenters. The molecular formula is C19H17BrN2O2. The number of nitrogens with zero attached hydrogens (tertiary/aromatic N) is 1. The van der Waals surface area contributed by atoms with Crippen LogP contribution < -0.4 is 5.32 Å². The first-order chi connectivity index (χ1) is 11.7. The highest BCUT2D eigenvalue weighted by Crippen LogP contribution is 2.21. The van der Waals surface area contributed by atoms with Crippen molar-refractivity contribution in [1.29, 1.82) is 0 Å². The van der Waals surface area contributed by atoms with Gasteiger partial charge in [0, 0.05) is 22.6 Å². The standard InChI is InChI=1S/C19H17BrN2O2/c20-16-6-7-17-15(8-10-21-18(17)12-16)9-11-22-19(23)24-13-14-4-2-1-3-5-14/h1-8,10,12H,9,11,13H2,(H,22,23). The van der Waals surface area contributed by atoms with Crippen molar-refractivity contribution in [3.05, 3.63) is 76.4 Å². The van der Waals surface area contributed by atoms with Crippen LogP contribution in [0.1, 0.15) is 11.1 Å². The van der Waals surface area contributed by atoms with E-state index in [0.29, 0.717) is 6.54 Å². The Kier molecular flexibility index (Phi) is 5.43. The molecule has 1 heterocycles. The van der Waals surface area contributed by atoms with Gasteiger partial charge in [-0.1, -0.05) is 52.3 Å². The molecule has 5 heteroatoms. The molecule has 3 rings (SSSR count). The number of amides is 1. The maximum atomic E-state index is 11.8. The molecule has 0 bridgehead atoms. The van der Waals surface area contributed by atoms with Crippen molar-refractivity contribution in [2.75, 3.05) is 6.54 Å². The van der Waals surface area contributed by atoms with Gasteiger partial charge in [-0.2, -0.15) is 0 Å². The van der Waals surface area contributed by atoms with Crippen LogP contribution in [0.3, 0.4) is 0 Å². The highest BCUT2D eigenvalue weighted by Gasteiger charge is 2.05. The number of rotatable bonds is 5. The Balaban J connectivity index is 1.52. The van der Waals surface area contributed by atoms with Crippen molar-refractivity contribution < 1.29 is 9.53 Å². The minimum atomic E-state index is -0.403. The fraction of sp³-hybridized carbons (Fsp3) is 0.158. The van der Waals surface area contributed by atoms with E-state index in [1.54, 1.807) is 6.20 Å². The molecule has 24 heavy (non-hydrogen) atoms. The number of ether oxygens (including phenoxy) is 1. The van der Waals surface area contributed by atoms with E-state index in [0.717, 1.165) is 32.9 Å². The lowest BCUT2D eigenvalue weighted by Gasteiger charge is -2.09. The molecule has 3 aromatic rings. The Labute approximate surface area is 149 Å². The molecule has 0 unspecified atom stereocenters. The number of hydrogen-bond acceptors (Lipinski definition) is 3. The van der Waals surface area contributed by atoms with E-state index in [9.17, 15) is 4.79 Å². The third-order valence-electron chi connectivity index (χ3n) is 3.67. The maximum absolute atomic E-state index is 11.8. The number of carbonyl (C=O) groups excluding carboxylic acids is 1. The van der Waals surface area contributed by atoms with Crippen molar-refractivity contribution in [3.8, 4) is 0 Å². The van der Waals surface area contributed by atoms with Crippen LogP contribution in [0, 0.1) is 0 Å². The predicted octanol–water partition coefficient (Wildman–Crippen LogP) is 4.47. The molecule has 0 aliphatic heterocycles. The summed E-state index contributed by atoms with van der Waals surface area (Å²) in [7, 11) is 0. The summed E-state index contributed by atoms with van der Waals surface area (Å²) >= 11 is 3.45. The number of hydrogen-bond donors (Lipinski definition) is 1. The summed E-state index contributed by atoms with van der Waals surface area (Å²) in [6.07, 6.45) is 2.11. The predicted molar refractivity (Wildman–Crippen MR) is 97.8 cm³/mol. The van der Waals surface area contributed by atoms with Crippen LogP contribution in [0.25, 0.3) is 10.9 Å². The lowest BCUT2D eigenvalue weighted by Crippen LogP contribution is -2.26. The number of fused-ring (bicyclic) bond motifs is 1. The average molecular weight is 385 g/mol. The Bertz CT molecular complexity index is 837. The smallest absolute Gasteiger partial charge is 0.407 e. The van der Waals surface area contributed by atoms with Gasteiger partial charge in [-0.25, -0.2) is 4.79 Å². The third kappa shape index (κ3) is 4.32. The summed E-state index contributed by atoms with van der Waals surface area (Å²) < 4.78 is 6.20. The first-order valence-electron chi connectivity index (χ1n) is 7.70. The lowest BCUT2D eigenvalue weighted by atomic mass is 10.1. The first kappa shape index (κ1) is 16.5. The second kappa shape index (κ2) is 7.93. The third-order valence-corrected chi connectivity index (χ3v) is 4.16. The molecule has 2 aromatic carbocycles. The summed E-state index contributed by atoms with van der Waals surface area (Å²) in [5.41, 5.74) is 3.06. The average Bonchev–Trinajstić information content (AvgIpc) is 2.61. The fourth-order valence-electron chi connectivity index (χ4n) is 2.47. The lowest BCUT2D eigenvalue weighted by molar-refractivity contribution is 0.140. The molecule has 0 spiro atoms. The van der Waals surface area contributed by atoms with Gasteiger partial charge in [-0.3, -0.25) is 4.98 Å². The minimum absolute atomic E-state index is 0.277. The molecule has 1 N–H and O–H groups in total. The minimum Gasteiger partial charge on any atom is -0.445 e. The van der Waals surface area contributed by atoms with Crippen LogP contribution in [0.15, 0.2) is 65.3 Å². The SMILES string of the molecule is O=C(NCCc1ccnc2cc(Br)ccc12)OCc1ccccc1. The molecule has 0 saturated carbocycles. The molecule has 0 fully saturated rings. The maximum Gasteiger partial charge on any atom is 0.407 e. The normalized spacial score (nSPS) is 10.5. The van der Waals surface area contributed by atoms with E-state index >= 15 is 0 Å². The monoisotopic (exact) mass is 384 g/mol. The number of benzene rings is 2. The van der Waals surface area contributed by atoms with E-state index in [-0.39, 0.29) is 6.61 Å². The zero-order valence-electron chi connectivity index (χ0n) is 13.0. The molecule has 1 aromatic heterocycles. The largest absolute Gasteiger partial charge is 0.445 e. The fourth-order valence-corrected chi connectivity index (χ4v) is 2.82. The van der Waals surface area contributed by atoms with Crippen molar-refractivity contribution in [2.45, 2.75) is 13.0 Å². The second-order valence-corrected chi connectivity index (χ2v) is 6.29. The number of alkyl carbamates (subject to hydrolysis) is 1. The van der Waals surface area contributed by atoms with Crippen LogP contribution in [0.5, 0.6) is 0 Å². The molecule has 1 amide bonds. The molecule has 0 aliphatic carbocycles. The van der Waals surface area contributed by atoms with E-state index < -0.39 is 6.09 Å². The quantitative estimate of drug-likeness (QED) is 0.705. The zero-order valence-corrected chi connectivity index (χ0v) is 14.6. The van der Waals surface area contributed by atoms with Crippen molar-refractivity contribution >= 4 is 32.9 Å². The van der Waals surface area contributed by atoms with Gasteiger partial charge in [0.25, 0.3) is 0 Å². The topological polar surface area (TPSA) is 51.2 Å². The summed E-state index contributed by atoms with van der Waals surface area (Å²) in [5.74, 6) is 0. The van der Waals surface area contributed by atoms with Crippen LogP contribution in [-0.4, -0.2) is 17.6 Å². The van der Waals surface area contributed by atoms with Crippen molar-refractivity contribution in [1.82, 2.24) is 10.3 Å². The van der Waals surface area contributed by atoms with Crippen molar-refractivity contribution in [2.24, 2.45) is 0 Å². The summed E-state index contributed by atoms with van der Waals surface area (Å²) in [4.78, 5) is 16.1. The Hall–Kier alpha value is -2.40. The van der Waals surface area contributed by atoms with Crippen LogP contribution >= 0.6 is 15.9 Å². The molecular weight excluding hydrogens is 368 g/mol. The summed E-state index contributed by atoms with van der Waals surface area (Å²) in [6, 6.07) is 17.6. The number of aromatic nitrogens is 1. The van der Waals surface area contributed by atoms with Crippen molar-refractivity contribution in [3.63, 3.8) is 0 Å². The highest BCUT2D eigenvalue weighted by molar-refractivity contribution is 9.10. The van der Waals surface area contributed by atoms with Crippen LogP contribution in [0.2, 0.25) is 0 Å². The molecule has 0 aliphatic rings. The van der Waals surface area contributed by atoms with Gasteiger partial charge in [-0.05, 0) is 35.7 Å². The first-order valence-corrected chi connectivity index (χ1v) is 8.49. The summed E-state index contributed by atoms with van der Waals surface area (Å²) in [5, 5.41) is 3.88. The van der Waals surface area contributed by atoms with Gasteiger partial charge in [0.2, 0.25) is 0 Å². The molecule has 4 nitrogen and oxygen atoms in total. The number of pyridine rings is 1. The second-order valence-electron chi connectivity index (χ2n) is 5.37. The Morgan fingerprint density at radius 3 is 2.79 bits per heavy atom. The molecule has 0 radical (unpaired) electrons. The zero-order chi connectivity index (χ0) is 16.8. The number of carbonyl (C=O) groups is 1. The van der Waals surface area contributed by atoms with E-state index in [2.05, 4.69) is 26.2 Å². The Morgan fingerprint density at radius 1 is 1.12 bits per heavy atom. The Morgan fingerprint density at radius 2 is 1.96 bits per heavy atom. The molecule has 122 valence electrons.